The van der Waals surface area contributed by atoms with Crippen LogP contribution < -0.4 is 0 Å². The molecule has 2 rings (SSSR count). The smallest absolute Gasteiger partial charge is 0.158 e. The van der Waals surface area contributed by atoms with Gasteiger partial charge in [-0.1, -0.05) is 56.4 Å². The van der Waals surface area contributed by atoms with E-state index in [1.54, 1.807) is 0 Å². The Hall–Kier alpha value is -2.07. The van der Waals surface area contributed by atoms with E-state index in [1.807, 2.05) is 6.08 Å². The topological polar surface area (TPSA) is 17.1 Å². The fourth-order valence-electron chi connectivity index (χ4n) is 3.41. The van der Waals surface area contributed by atoms with E-state index in [0.717, 1.165) is 31.2 Å². The Kier molecular flexibility index (Phi) is 8.26. The van der Waals surface area contributed by atoms with Crippen LogP contribution in [0.2, 0.25) is 0 Å². The molecule has 0 aromatic heterocycles. The van der Waals surface area contributed by atoms with Gasteiger partial charge in [-0.3, -0.25) is 4.79 Å². The average Bonchev–Trinajstić information content (AvgIpc) is 2.66. The van der Waals surface area contributed by atoms with Gasteiger partial charge < -0.3 is 0 Å². The summed E-state index contributed by atoms with van der Waals surface area (Å²) in [6, 6.07) is 8.63. The fourth-order valence-corrected chi connectivity index (χ4v) is 3.41. The minimum absolute atomic E-state index is 0.198. The lowest BCUT2D eigenvalue weighted by Crippen LogP contribution is -2.19. The maximum Gasteiger partial charge on any atom is 0.158 e. The van der Waals surface area contributed by atoms with Crippen molar-refractivity contribution in [3.05, 3.63) is 60.2 Å². The van der Waals surface area contributed by atoms with E-state index in [9.17, 15) is 4.79 Å². The number of benzene rings is 1. The minimum atomic E-state index is 0.198. The van der Waals surface area contributed by atoms with Crippen LogP contribution in [-0.2, 0) is 11.2 Å². The Morgan fingerprint density at radius 3 is 2.52 bits per heavy atom. The summed E-state index contributed by atoms with van der Waals surface area (Å²) in [5, 5.41) is 0. The Labute approximate surface area is 153 Å². The van der Waals surface area contributed by atoms with Crippen LogP contribution in [0, 0.1) is 23.7 Å². The number of carbonyl (C=O) groups excluding carboxylic acids is 1. The van der Waals surface area contributed by atoms with E-state index < -0.39 is 0 Å². The molecule has 0 heterocycles. The van der Waals surface area contributed by atoms with Crippen molar-refractivity contribution in [3.63, 3.8) is 0 Å². The first kappa shape index (κ1) is 19.3. The molecule has 1 heteroatoms. The molecule has 132 valence electrons. The molecule has 0 unspecified atom stereocenters. The van der Waals surface area contributed by atoms with Crippen LogP contribution in [-0.4, -0.2) is 5.78 Å². The molecule has 0 spiro atoms. The number of unbranched alkanes of at least 4 members (excludes halogenated alkanes) is 2. The number of allylic oxidation sites excluding steroid dienone is 3. The van der Waals surface area contributed by atoms with Crippen molar-refractivity contribution in [3.8, 4) is 11.8 Å². The zero-order valence-corrected chi connectivity index (χ0v) is 15.5. The predicted molar refractivity (Wildman–Crippen MR) is 106 cm³/mol. The maximum atomic E-state index is 11.6. The van der Waals surface area contributed by atoms with E-state index in [2.05, 4.69) is 55.7 Å². The van der Waals surface area contributed by atoms with E-state index in [-0.39, 0.29) is 11.7 Å². The van der Waals surface area contributed by atoms with Crippen LogP contribution in [0.3, 0.4) is 0 Å². The summed E-state index contributed by atoms with van der Waals surface area (Å²) in [4.78, 5) is 11.6. The predicted octanol–water partition coefficient (Wildman–Crippen LogP) is 5.89. The highest BCUT2D eigenvalue weighted by atomic mass is 16.1. The van der Waals surface area contributed by atoms with Crippen molar-refractivity contribution in [2.75, 3.05) is 0 Å². The number of rotatable bonds is 7. The van der Waals surface area contributed by atoms with E-state index in [1.165, 1.54) is 37.3 Å². The molecule has 0 saturated heterocycles. The summed E-state index contributed by atoms with van der Waals surface area (Å²) in [5.74, 6) is 7.33. The second-order valence-electron chi connectivity index (χ2n) is 7.00. The van der Waals surface area contributed by atoms with Gasteiger partial charge in [0.15, 0.2) is 5.78 Å². The summed E-state index contributed by atoms with van der Waals surface area (Å²) < 4.78 is 0. The van der Waals surface area contributed by atoms with Crippen LogP contribution in [0.15, 0.2) is 49.1 Å². The highest BCUT2D eigenvalue weighted by Gasteiger charge is 2.23. The van der Waals surface area contributed by atoms with Crippen molar-refractivity contribution in [1.82, 2.24) is 0 Å². The molecular formula is C24H30O. The van der Waals surface area contributed by atoms with Gasteiger partial charge in [0.25, 0.3) is 0 Å². The molecule has 1 nitrogen and oxygen atoms in total. The van der Waals surface area contributed by atoms with E-state index in [4.69, 9.17) is 0 Å². The maximum absolute atomic E-state index is 11.6. The summed E-state index contributed by atoms with van der Waals surface area (Å²) in [6.45, 7) is 5.82. The van der Waals surface area contributed by atoms with Gasteiger partial charge >= 0.3 is 0 Å². The highest BCUT2D eigenvalue weighted by molar-refractivity contribution is 5.91. The average molecular weight is 335 g/mol. The van der Waals surface area contributed by atoms with Crippen LogP contribution >= 0.6 is 0 Å². The lowest BCUT2D eigenvalue weighted by Gasteiger charge is -2.24. The molecule has 25 heavy (non-hydrogen) atoms. The number of hydrogen-bond donors (Lipinski definition) is 0. The van der Waals surface area contributed by atoms with Crippen molar-refractivity contribution in [2.24, 2.45) is 11.8 Å². The fraction of sp³-hybridized carbons (Fsp3) is 0.458. The Morgan fingerprint density at radius 2 is 1.88 bits per heavy atom. The van der Waals surface area contributed by atoms with Crippen LogP contribution in [0.25, 0.3) is 0 Å². The molecule has 1 aromatic carbocycles. The molecule has 0 bridgehead atoms. The monoisotopic (exact) mass is 334 g/mol. The van der Waals surface area contributed by atoms with Gasteiger partial charge in [0.05, 0.1) is 0 Å². The van der Waals surface area contributed by atoms with Crippen LogP contribution in [0.1, 0.15) is 63.0 Å². The first-order valence-electron chi connectivity index (χ1n) is 9.66. The normalized spacial score (nSPS) is 20.0. The van der Waals surface area contributed by atoms with Gasteiger partial charge in [-0.15, -0.1) is 0 Å². The van der Waals surface area contributed by atoms with Crippen molar-refractivity contribution >= 4 is 5.78 Å². The molecular weight excluding hydrogens is 304 g/mol. The van der Waals surface area contributed by atoms with Gasteiger partial charge in [0.2, 0.25) is 0 Å². The largest absolute Gasteiger partial charge is 0.295 e. The van der Waals surface area contributed by atoms with Gasteiger partial charge in [0.1, 0.15) is 0 Å². The highest BCUT2D eigenvalue weighted by Crippen LogP contribution is 2.30. The molecule has 0 N–H and O–H groups in total. The molecule has 0 radical (unpaired) electrons. The molecule has 0 aliphatic heterocycles. The third kappa shape index (κ3) is 6.75. The third-order valence-corrected chi connectivity index (χ3v) is 5.07. The Bertz CT molecular complexity index is 631. The van der Waals surface area contributed by atoms with Crippen molar-refractivity contribution < 1.29 is 4.79 Å². The van der Waals surface area contributed by atoms with Gasteiger partial charge in [-0.05, 0) is 74.3 Å². The molecule has 1 aromatic rings. The third-order valence-electron chi connectivity index (χ3n) is 5.07. The summed E-state index contributed by atoms with van der Waals surface area (Å²) in [6.07, 6.45) is 14.8. The minimum Gasteiger partial charge on any atom is -0.295 e. The first-order chi connectivity index (χ1) is 12.2. The Morgan fingerprint density at radius 1 is 1.16 bits per heavy atom. The summed E-state index contributed by atoms with van der Waals surface area (Å²) in [7, 11) is 0. The Balaban J connectivity index is 1.77. The SMILES string of the molecule is C=CC(=O)C1CCC(C=CC#Cc2ccc(CCCCC)cc2)CC1. The lowest BCUT2D eigenvalue weighted by atomic mass is 9.80. The standard InChI is InChI=1S/C24H30O/c1-3-5-6-9-20-12-14-21(15-13-20)10-7-8-11-22-16-18-23(19-17-22)24(25)4-2/h4,8,11-15,22-23H,2-3,5-6,9,16-19H2,1H3. The number of ketones is 1. The summed E-state index contributed by atoms with van der Waals surface area (Å²) >= 11 is 0. The molecule has 0 atom stereocenters. The quantitative estimate of drug-likeness (QED) is 0.345. The molecule has 1 aliphatic carbocycles. The van der Waals surface area contributed by atoms with E-state index in [0.29, 0.717) is 5.92 Å². The second-order valence-corrected chi connectivity index (χ2v) is 7.00. The molecule has 1 aliphatic rings. The van der Waals surface area contributed by atoms with Gasteiger partial charge in [-0.25, -0.2) is 0 Å². The second kappa shape index (κ2) is 10.7. The van der Waals surface area contributed by atoms with Crippen LogP contribution in [0.4, 0.5) is 0 Å². The molecule has 1 fully saturated rings. The molecule has 1 saturated carbocycles. The van der Waals surface area contributed by atoms with Crippen molar-refractivity contribution in [2.45, 2.75) is 58.3 Å². The van der Waals surface area contributed by atoms with Gasteiger partial charge in [0, 0.05) is 11.5 Å². The zero-order chi connectivity index (χ0) is 17.9. The van der Waals surface area contributed by atoms with Gasteiger partial charge in [-0.2, -0.15) is 0 Å². The van der Waals surface area contributed by atoms with E-state index >= 15 is 0 Å². The zero-order valence-electron chi connectivity index (χ0n) is 15.5. The van der Waals surface area contributed by atoms with Crippen molar-refractivity contribution in [1.29, 1.82) is 0 Å². The van der Waals surface area contributed by atoms with Crippen LogP contribution in [0.5, 0.6) is 0 Å². The number of hydrogen-bond acceptors (Lipinski definition) is 1. The number of carbonyl (C=O) groups is 1. The summed E-state index contributed by atoms with van der Waals surface area (Å²) in [5.41, 5.74) is 2.48. The number of aryl methyl sites for hydroxylation is 1. The first-order valence-corrected chi connectivity index (χ1v) is 9.66. The lowest BCUT2D eigenvalue weighted by molar-refractivity contribution is -0.119. The molecule has 0 amide bonds.